The van der Waals surface area contributed by atoms with Gasteiger partial charge < -0.3 is 10.2 Å². The summed E-state index contributed by atoms with van der Waals surface area (Å²) < 4.78 is 0. The van der Waals surface area contributed by atoms with Gasteiger partial charge in [0.2, 0.25) is 0 Å². The Labute approximate surface area is 130 Å². The van der Waals surface area contributed by atoms with Gasteiger partial charge in [0, 0.05) is 5.92 Å². The molecule has 0 saturated carbocycles. The van der Waals surface area contributed by atoms with E-state index >= 15 is 0 Å². The minimum absolute atomic E-state index is 0.184. The lowest BCUT2D eigenvalue weighted by atomic mass is 9.86. The summed E-state index contributed by atoms with van der Waals surface area (Å²) in [5.41, 5.74) is 3.55. The Balaban J connectivity index is 1.97. The molecule has 3 rings (SSSR count). The molecule has 0 unspecified atom stereocenters. The molecule has 2 heteroatoms. The molecule has 0 fully saturated rings. The lowest BCUT2D eigenvalue weighted by molar-refractivity contribution is 0.475. The third-order valence-electron chi connectivity index (χ3n) is 3.87. The summed E-state index contributed by atoms with van der Waals surface area (Å²) in [6.45, 7) is 0. The summed E-state index contributed by atoms with van der Waals surface area (Å²) in [6.07, 6.45) is 0.871. The highest BCUT2D eigenvalue weighted by Gasteiger charge is 2.15. The van der Waals surface area contributed by atoms with E-state index in [9.17, 15) is 10.2 Å². The molecule has 0 radical (unpaired) electrons. The number of phenolic OH excluding ortho intramolecular Hbond substituents is 2. The molecule has 0 heterocycles. The third-order valence-corrected chi connectivity index (χ3v) is 3.87. The Morgan fingerprint density at radius 1 is 0.591 bits per heavy atom. The molecule has 0 aromatic heterocycles. The Morgan fingerprint density at radius 3 is 1.50 bits per heavy atom. The number of aromatic hydroxyl groups is 2. The molecule has 3 aromatic carbocycles. The predicted octanol–water partition coefficient (Wildman–Crippen LogP) is 4.47. The van der Waals surface area contributed by atoms with E-state index in [-0.39, 0.29) is 17.4 Å². The zero-order valence-electron chi connectivity index (χ0n) is 12.2. The van der Waals surface area contributed by atoms with Gasteiger partial charge in [-0.05, 0) is 47.4 Å². The molecule has 3 aromatic rings. The fourth-order valence-corrected chi connectivity index (χ4v) is 2.69. The molecule has 2 N–H and O–H groups in total. The molecule has 2 nitrogen and oxygen atoms in total. The Hall–Kier alpha value is -2.74. The van der Waals surface area contributed by atoms with Gasteiger partial charge in [0.25, 0.3) is 0 Å². The molecule has 0 saturated heterocycles. The van der Waals surface area contributed by atoms with Crippen LogP contribution in [-0.4, -0.2) is 10.2 Å². The van der Waals surface area contributed by atoms with Crippen LogP contribution in [-0.2, 0) is 6.42 Å². The predicted molar refractivity (Wildman–Crippen MR) is 88.2 cm³/mol. The van der Waals surface area contributed by atoms with Crippen LogP contribution in [0.3, 0.4) is 0 Å². The van der Waals surface area contributed by atoms with Crippen molar-refractivity contribution in [3.63, 3.8) is 0 Å². The quantitative estimate of drug-likeness (QED) is 0.744. The van der Waals surface area contributed by atoms with Gasteiger partial charge in [-0.25, -0.2) is 0 Å². The fourth-order valence-electron chi connectivity index (χ4n) is 2.69. The first kappa shape index (κ1) is 14.2. The summed E-state index contributed by atoms with van der Waals surface area (Å²) in [4.78, 5) is 0. The molecule has 0 atom stereocenters. The van der Waals surface area contributed by atoms with Crippen LogP contribution in [0.4, 0.5) is 0 Å². The van der Waals surface area contributed by atoms with Crippen molar-refractivity contribution in [2.75, 3.05) is 0 Å². The summed E-state index contributed by atoms with van der Waals surface area (Å²) in [5, 5.41) is 19.0. The Morgan fingerprint density at radius 2 is 1.05 bits per heavy atom. The van der Waals surface area contributed by atoms with Crippen molar-refractivity contribution in [2.45, 2.75) is 12.3 Å². The van der Waals surface area contributed by atoms with Crippen LogP contribution in [0.15, 0.2) is 78.9 Å². The number of rotatable bonds is 4. The highest BCUT2D eigenvalue weighted by Crippen LogP contribution is 2.30. The fraction of sp³-hybridized carbons (Fsp3) is 0.100. The van der Waals surface area contributed by atoms with E-state index in [0.717, 1.165) is 17.5 Å². The largest absolute Gasteiger partial charge is 0.508 e. The molecule has 0 amide bonds. The summed E-state index contributed by atoms with van der Waals surface area (Å²) in [6, 6.07) is 25.0. The van der Waals surface area contributed by atoms with Crippen molar-refractivity contribution in [3.8, 4) is 11.5 Å². The molecule has 0 bridgehead atoms. The second-order valence-electron chi connectivity index (χ2n) is 5.43. The van der Waals surface area contributed by atoms with Gasteiger partial charge in [-0.15, -0.1) is 0 Å². The smallest absolute Gasteiger partial charge is 0.115 e. The van der Waals surface area contributed by atoms with Crippen LogP contribution in [0, 0.1) is 0 Å². The van der Waals surface area contributed by atoms with Gasteiger partial charge in [-0.3, -0.25) is 0 Å². The monoisotopic (exact) mass is 290 g/mol. The summed E-state index contributed by atoms with van der Waals surface area (Å²) in [5.74, 6) is 0.726. The van der Waals surface area contributed by atoms with E-state index in [2.05, 4.69) is 12.1 Å². The van der Waals surface area contributed by atoms with Crippen LogP contribution in [0.25, 0.3) is 0 Å². The normalized spacial score (nSPS) is 10.8. The number of phenols is 2. The SMILES string of the molecule is Oc1ccc(C(Cc2ccccc2)c2ccc(O)cc2)cc1. The topological polar surface area (TPSA) is 40.5 Å². The van der Waals surface area contributed by atoms with Crippen LogP contribution in [0.2, 0.25) is 0 Å². The molecule has 0 aliphatic carbocycles. The van der Waals surface area contributed by atoms with E-state index in [1.54, 1.807) is 24.3 Å². The maximum Gasteiger partial charge on any atom is 0.115 e. The van der Waals surface area contributed by atoms with Crippen LogP contribution < -0.4 is 0 Å². The van der Waals surface area contributed by atoms with Crippen molar-refractivity contribution in [2.24, 2.45) is 0 Å². The third kappa shape index (κ3) is 3.29. The van der Waals surface area contributed by atoms with E-state index in [1.165, 1.54) is 5.56 Å². The average molecular weight is 290 g/mol. The van der Waals surface area contributed by atoms with Crippen molar-refractivity contribution in [3.05, 3.63) is 95.6 Å². The Kier molecular flexibility index (Phi) is 4.10. The molecule has 22 heavy (non-hydrogen) atoms. The lowest BCUT2D eigenvalue weighted by Gasteiger charge is -2.18. The zero-order valence-corrected chi connectivity index (χ0v) is 12.2. The highest BCUT2D eigenvalue weighted by molar-refractivity contribution is 5.39. The Bertz CT molecular complexity index is 670. The molecule has 0 aliphatic heterocycles. The van der Waals surface area contributed by atoms with Gasteiger partial charge in [0.1, 0.15) is 11.5 Å². The van der Waals surface area contributed by atoms with Gasteiger partial charge in [0.15, 0.2) is 0 Å². The van der Waals surface area contributed by atoms with Crippen molar-refractivity contribution >= 4 is 0 Å². The first-order valence-electron chi connectivity index (χ1n) is 7.34. The first-order chi connectivity index (χ1) is 10.7. The molecule has 110 valence electrons. The highest BCUT2D eigenvalue weighted by atomic mass is 16.3. The standard InChI is InChI=1S/C20H18O2/c21-18-10-6-16(7-11-18)20(14-15-4-2-1-3-5-15)17-8-12-19(22)13-9-17/h1-13,20-22H,14H2. The van der Waals surface area contributed by atoms with Crippen molar-refractivity contribution in [1.29, 1.82) is 0 Å². The molecule has 0 spiro atoms. The average Bonchev–Trinajstić information content (AvgIpc) is 2.56. The summed E-state index contributed by atoms with van der Waals surface area (Å²) in [7, 11) is 0. The number of benzene rings is 3. The van der Waals surface area contributed by atoms with Gasteiger partial charge in [0.05, 0.1) is 0 Å². The van der Waals surface area contributed by atoms with Crippen LogP contribution >= 0.6 is 0 Å². The van der Waals surface area contributed by atoms with E-state index in [1.807, 2.05) is 42.5 Å². The van der Waals surface area contributed by atoms with Gasteiger partial charge >= 0.3 is 0 Å². The van der Waals surface area contributed by atoms with Gasteiger partial charge in [-0.1, -0.05) is 54.6 Å². The maximum atomic E-state index is 9.50. The second kappa shape index (κ2) is 6.35. The molecule has 0 aliphatic rings. The maximum absolute atomic E-state index is 9.50. The van der Waals surface area contributed by atoms with Crippen molar-refractivity contribution in [1.82, 2.24) is 0 Å². The number of hydrogen-bond donors (Lipinski definition) is 2. The number of hydrogen-bond acceptors (Lipinski definition) is 2. The minimum atomic E-state index is 0.184. The van der Waals surface area contributed by atoms with Gasteiger partial charge in [-0.2, -0.15) is 0 Å². The van der Waals surface area contributed by atoms with E-state index in [0.29, 0.717) is 0 Å². The molecular formula is C20H18O2. The van der Waals surface area contributed by atoms with E-state index in [4.69, 9.17) is 0 Å². The second-order valence-corrected chi connectivity index (χ2v) is 5.43. The first-order valence-corrected chi connectivity index (χ1v) is 7.34. The van der Waals surface area contributed by atoms with E-state index < -0.39 is 0 Å². The molecular weight excluding hydrogens is 272 g/mol. The van der Waals surface area contributed by atoms with Crippen molar-refractivity contribution < 1.29 is 10.2 Å². The lowest BCUT2D eigenvalue weighted by Crippen LogP contribution is -2.05. The summed E-state index contributed by atoms with van der Waals surface area (Å²) >= 11 is 0. The van der Waals surface area contributed by atoms with Crippen LogP contribution in [0.5, 0.6) is 11.5 Å². The minimum Gasteiger partial charge on any atom is -0.508 e. The van der Waals surface area contributed by atoms with Crippen LogP contribution in [0.1, 0.15) is 22.6 Å². The zero-order chi connectivity index (χ0) is 15.4.